The molecule has 6 heteroatoms. The third-order valence-corrected chi connectivity index (χ3v) is 2.15. The number of nitrogens with two attached hydrogens (primary N) is 1. The Hall–Kier alpha value is -1.27. The van der Waals surface area contributed by atoms with Crippen molar-refractivity contribution in [1.29, 1.82) is 0 Å². The van der Waals surface area contributed by atoms with Crippen LogP contribution in [0.15, 0.2) is 18.2 Å². The molecule has 1 unspecified atom stereocenters. The summed E-state index contributed by atoms with van der Waals surface area (Å²) in [7, 11) is 1.27. The van der Waals surface area contributed by atoms with E-state index in [2.05, 4.69) is 0 Å². The first kappa shape index (κ1) is 12.8. The molecular weight excluding hydrogens is 223 g/mol. The zero-order valence-corrected chi connectivity index (χ0v) is 8.58. The van der Waals surface area contributed by atoms with Crippen molar-refractivity contribution in [2.45, 2.75) is 12.3 Å². The highest BCUT2D eigenvalue weighted by molar-refractivity contribution is 5.38. The van der Waals surface area contributed by atoms with Gasteiger partial charge in [0.1, 0.15) is 5.75 Å². The smallest absolute Gasteiger partial charge is 0.416 e. The predicted octanol–water partition coefficient (Wildman–Crippen LogP) is 1.71. The Bertz CT molecular complexity index is 366. The van der Waals surface area contributed by atoms with Crippen molar-refractivity contribution in [1.82, 2.24) is 0 Å². The fourth-order valence-electron chi connectivity index (χ4n) is 1.33. The second kappa shape index (κ2) is 4.71. The van der Waals surface area contributed by atoms with Crippen LogP contribution in [0, 0.1) is 0 Å². The first-order valence-corrected chi connectivity index (χ1v) is 4.53. The molecule has 3 N–H and O–H groups in total. The first-order chi connectivity index (χ1) is 7.40. The van der Waals surface area contributed by atoms with Crippen molar-refractivity contribution in [3.05, 3.63) is 29.3 Å². The minimum atomic E-state index is -4.54. The summed E-state index contributed by atoms with van der Waals surface area (Å²) in [6.45, 7) is -0.268. The standard InChI is InChI=1S/C10H12F3NO2/c1-16-6-2-3-7(9(15)5-14)8(4-6)10(11,12)13/h2-4,9,15H,5,14H2,1H3. The Morgan fingerprint density at radius 3 is 2.50 bits per heavy atom. The van der Waals surface area contributed by atoms with Crippen LogP contribution in [0.3, 0.4) is 0 Å². The number of ether oxygens (including phenoxy) is 1. The molecule has 1 aromatic rings. The van der Waals surface area contributed by atoms with E-state index in [4.69, 9.17) is 10.5 Å². The highest BCUT2D eigenvalue weighted by atomic mass is 19.4. The number of methoxy groups -OCH3 is 1. The number of hydrogen-bond donors (Lipinski definition) is 2. The lowest BCUT2D eigenvalue weighted by Crippen LogP contribution is -2.17. The largest absolute Gasteiger partial charge is 0.497 e. The number of aliphatic hydroxyl groups excluding tert-OH is 1. The number of aliphatic hydroxyl groups is 1. The van der Waals surface area contributed by atoms with Gasteiger partial charge in [-0.15, -0.1) is 0 Å². The van der Waals surface area contributed by atoms with E-state index in [0.29, 0.717) is 0 Å². The summed E-state index contributed by atoms with van der Waals surface area (Å²) in [5.74, 6) is 0.0836. The first-order valence-electron chi connectivity index (χ1n) is 4.53. The molecule has 0 radical (unpaired) electrons. The van der Waals surface area contributed by atoms with Gasteiger partial charge in [0, 0.05) is 6.54 Å². The molecule has 0 spiro atoms. The van der Waals surface area contributed by atoms with Crippen LogP contribution in [0.2, 0.25) is 0 Å². The molecule has 0 saturated carbocycles. The molecule has 1 atom stereocenters. The van der Waals surface area contributed by atoms with Gasteiger partial charge in [0.05, 0.1) is 18.8 Å². The Morgan fingerprint density at radius 2 is 2.06 bits per heavy atom. The summed E-state index contributed by atoms with van der Waals surface area (Å²) >= 11 is 0. The number of alkyl halides is 3. The van der Waals surface area contributed by atoms with Crippen molar-refractivity contribution in [3.8, 4) is 5.75 Å². The van der Waals surface area contributed by atoms with E-state index in [1.165, 1.54) is 19.2 Å². The zero-order valence-electron chi connectivity index (χ0n) is 8.58. The maximum atomic E-state index is 12.7. The molecule has 0 aromatic heterocycles. The van der Waals surface area contributed by atoms with Crippen LogP contribution in [-0.2, 0) is 6.18 Å². The van der Waals surface area contributed by atoms with Crippen LogP contribution in [0.5, 0.6) is 5.75 Å². The molecule has 0 saturated heterocycles. The molecular formula is C10H12F3NO2. The van der Waals surface area contributed by atoms with Gasteiger partial charge >= 0.3 is 6.18 Å². The quantitative estimate of drug-likeness (QED) is 0.838. The maximum absolute atomic E-state index is 12.7. The molecule has 0 fully saturated rings. The van der Waals surface area contributed by atoms with Crippen molar-refractivity contribution < 1.29 is 23.0 Å². The zero-order chi connectivity index (χ0) is 12.3. The van der Waals surface area contributed by atoms with Gasteiger partial charge < -0.3 is 15.6 Å². The average molecular weight is 235 g/mol. The van der Waals surface area contributed by atoms with Crippen LogP contribution in [0.25, 0.3) is 0 Å². The van der Waals surface area contributed by atoms with Gasteiger partial charge in [-0.2, -0.15) is 13.2 Å². The number of rotatable bonds is 3. The lowest BCUT2D eigenvalue weighted by molar-refractivity contribution is -0.139. The van der Waals surface area contributed by atoms with Crippen LogP contribution in [0.1, 0.15) is 17.2 Å². The Morgan fingerprint density at radius 1 is 1.44 bits per heavy atom. The normalized spacial score (nSPS) is 13.6. The Kier molecular flexibility index (Phi) is 3.77. The number of halogens is 3. The van der Waals surface area contributed by atoms with E-state index in [0.717, 1.165) is 6.07 Å². The van der Waals surface area contributed by atoms with Crippen molar-refractivity contribution >= 4 is 0 Å². The van der Waals surface area contributed by atoms with Gasteiger partial charge in [-0.1, -0.05) is 6.07 Å². The number of hydrogen-bond acceptors (Lipinski definition) is 3. The molecule has 0 aliphatic heterocycles. The van der Waals surface area contributed by atoms with Gasteiger partial charge in [0.2, 0.25) is 0 Å². The average Bonchev–Trinajstić information content (AvgIpc) is 2.26. The van der Waals surface area contributed by atoms with E-state index in [9.17, 15) is 18.3 Å². The molecule has 0 bridgehead atoms. The molecule has 0 heterocycles. The third-order valence-electron chi connectivity index (χ3n) is 2.15. The van der Waals surface area contributed by atoms with Crippen LogP contribution < -0.4 is 10.5 Å². The molecule has 3 nitrogen and oxygen atoms in total. The second-order valence-electron chi connectivity index (χ2n) is 3.20. The van der Waals surface area contributed by atoms with Crippen LogP contribution >= 0.6 is 0 Å². The third kappa shape index (κ3) is 2.65. The van der Waals surface area contributed by atoms with Crippen molar-refractivity contribution in [2.75, 3.05) is 13.7 Å². The fourth-order valence-corrected chi connectivity index (χ4v) is 1.33. The van der Waals surface area contributed by atoms with Crippen molar-refractivity contribution in [2.24, 2.45) is 5.73 Å². The van der Waals surface area contributed by atoms with E-state index in [-0.39, 0.29) is 17.9 Å². The summed E-state index contributed by atoms with van der Waals surface area (Å²) in [5, 5.41) is 9.37. The minimum absolute atomic E-state index is 0.0836. The summed E-state index contributed by atoms with van der Waals surface area (Å²) < 4.78 is 42.7. The lowest BCUT2D eigenvalue weighted by Gasteiger charge is -2.17. The molecule has 1 aromatic carbocycles. The molecule has 0 amide bonds. The van der Waals surface area contributed by atoms with Crippen molar-refractivity contribution in [3.63, 3.8) is 0 Å². The van der Waals surface area contributed by atoms with E-state index >= 15 is 0 Å². The highest BCUT2D eigenvalue weighted by Gasteiger charge is 2.35. The van der Waals surface area contributed by atoms with Gasteiger partial charge in [-0.25, -0.2) is 0 Å². The maximum Gasteiger partial charge on any atom is 0.416 e. The fraction of sp³-hybridized carbons (Fsp3) is 0.400. The second-order valence-corrected chi connectivity index (χ2v) is 3.20. The SMILES string of the molecule is COc1ccc(C(O)CN)c(C(F)(F)F)c1. The number of benzene rings is 1. The molecule has 16 heavy (non-hydrogen) atoms. The van der Waals surface area contributed by atoms with E-state index < -0.39 is 17.8 Å². The molecule has 0 aliphatic rings. The summed E-state index contributed by atoms with van der Waals surface area (Å²) in [5.41, 5.74) is 3.97. The predicted molar refractivity (Wildman–Crippen MR) is 52.0 cm³/mol. The van der Waals surface area contributed by atoms with Gasteiger partial charge in [0.15, 0.2) is 0 Å². The minimum Gasteiger partial charge on any atom is -0.497 e. The topological polar surface area (TPSA) is 55.5 Å². The summed E-state index contributed by atoms with van der Waals surface area (Å²) in [6, 6.07) is 3.36. The van der Waals surface area contributed by atoms with E-state index in [1.54, 1.807) is 0 Å². The Labute approximate surface area is 90.6 Å². The van der Waals surface area contributed by atoms with Gasteiger partial charge in [0.25, 0.3) is 0 Å². The molecule has 1 rings (SSSR count). The molecule has 90 valence electrons. The highest BCUT2D eigenvalue weighted by Crippen LogP contribution is 2.36. The van der Waals surface area contributed by atoms with Crippen LogP contribution in [0.4, 0.5) is 13.2 Å². The van der Waals surface area contributed by atoms with Gasteiger partial charge in [-0.3, -0.25) is 0 Å². The van der Waals surface area contributed by atoms with Gasteiger partial charge in [-0.05, 0) is 17.7 Å². The monoisotopic (exact) mass is 235 g/mol. The van der Waals surface area contributed by atoms with E-state index in [1.807, 2.05) is 0 Å². The Balaban J connectivity index is 3.27. The molecule has 0 aliphatic carbocycles. The van der Waals surface area contributed by atoms with Crippen LogP contribution in [-0.4, -0.2) is 18.8 Å². The summed E-state index contributed by atoms with van der Waals surface area (Å²) in [6.07, 6.45) is -5.87. The lowest BCUT2D eigenvalue weighted by atomic mass is 10.0. The summed E-state index contributed by atoms with van der Waals surface area (Å²) in [4.78, 5) is 0.